The summed E-state index contributed by atoms with van der Waals surface area (Å²) in [5.41, 5.74) is 4.72. The summed E-state index contributed by atoms with van der Waals surface area (Å²) in [6.07, 6.45) is 1.35. The van der Waals surface area contributed by atoms with Gasteiger partial charge in [-0.05, 0) is 0 Å². The maximum Gasteiger partial charge on any atom is 0.353 e. The fourth-order valence-electron chi connectivity index (χ4n) is 2.90. The van der Waals surface area contributed by atoms with Crippen molar-refractivity contribution in [3.05, 3.63) is 27.0 Å². The average Bonchev–Trinajstić information content (AvgIpc) is 3.35. The molecule has 2 aliphatic rings. The van der Waals surface area contributed by atoms with Gasteiger partial charge in [0, 0.05) is 10.7 Å². The number of aromatic nitrogens is 4. The van der Waals surface area contributed by atoms with Crippen LogP contribution in [0.5, 0.6) is 0 Å². The summed E-state index contributed by atoms with van der Waals surface area (Å²) in [4.78, 5) is 45.2. The third kappa shape index (κ3) is 3.82. The highest BCUT2D eigenvalue weighted by Gasteiger charge is 2.54. The van der Waals surface area contributed by atoms with E-state index in [0.717, 1.165) is 28.0 Å². The summed E-state index contributed by atoms with van der Waals surface area (Å²) < 4.78 is 0.0410. The molecule has 1 saturated heterocycles. The third-order valence-corrected chi connectivity index (χ3v) is 7.70. The number of carboxylic acid groups (broad SMARTS) is 1. The molecule has 31 heavy (non-hydrogen) atoms. The zero-order chi connectivity index (χ0) is 22.3. The molecule has 1 fully saturated rings. The van der Waals surface area contributed by atoms with Crippen molar-refractivity contribution in [2.45, 2.75) is 16.6 Å². The van der Waals surface area contributed by atoms with Crippen molar-refractivity contribution in [2.75, 3.05) is 11.5 Å². The predicted octanol–water partition coefficient (Wildman–Crippen LogP) is 0.164. The SMILES string of the molecule is Nc1nc(C(=NO)C(=O)N[C@@H]2C(=O)N3C(C(=O)O)=C(Sc4nnc[nH]4)CSC23)c(Cl)s1. The van der Waals surface area contributed by atoms with Crippen LogP contribution in [0, 0.1) is 0 Å². The number of fused-ring (bicyclic) bond motifs is 1. The second-order valence-corrected chi connectivity index (χ2v) is 9.78. The number of aromatic amines is 1. The first kappa shape index (κ1) is 21.4. The van der Waals surface area contributed by atoms with Crippen LogP contribution in [0.15, 0.2) is 27.2 Å². The number of hydrogen-bond acceptors (Lipinski definition) is 12. The summed E-state index contributed by atoms with van der Waals surface area (Å²) in [7, 11) is 0. The normalized spacial score (nSPS) is 21.0. The molecule has 0 aromatic carbocycles. The van der Waals surface area contributed by atoms with Crippen molar-refractivity contribution in [3.8, 4) is 0 Å². The van der Waals surface area contributed by atoms with Gasteiger partial charge in [0.1, 0.15) is 33.5 Å². The van der Waals surface area contributed by atoms with Crippen LogP contribution in [-0.2, 0) is 14.4 Å². The van der Waals surface area contributed by atoms with Crippen molar-refractivity contribution in [1.29, 1.82) is 0 Å². The van der Waals surface area contributed by atoms with Crippen LogP contribution in [0.25, 0.3) is 0 Å². The summed E-state index contributed by atoms with van der Waals surface area (Å²) in [6.45, 7) is 0. The molecule has 0 bridgehead atoms. The zero-order valence-electron chi connectivity index (χ0n) is 15.0. The highest BCUT2D eigenvalue weighted by Crippen LogP contribution is 2.44. The van der Waals surface area contributed by atoms with Crippen LogP contribution >= 0.6 is 46.5 Å². The van der Waals surface area contributed by atoms with Crippen LogP contribution < -0.4 is 11.1 Å². The number of anilines is 1. The third-order valence-electron chi connectivity index (χ3n) is 4.18. The first-order chi connectivity index (χ1) is 14.8. The van der Waals surface area contributed by atoms with Gasteiger partial charge in [-0.1, -0.05) is 39.9 Å². The van der Waals surface area contributed by atoms with E-state index >= 15 is 0 Å². The highest BCUT2D eigenvalue weighted by molar-refractivity contribution is 8.06. The van der Waals surface area contributed by atoms with E-state index in [2.05, 4.69) is 30.6 Å². The highest BCUT2D eigenvalue weighted by atomic mass is 35.5. The van der Waals surface area contributed by atoms with Gasteiger partial charge in [0.05, 0.1) is 0 Å². The Kier molecular flexibility index (Phi) is 5.78. The standard InChI is InChI=1S/C14H11ClN8O5S3/c15-8-4(20-13(16)31-8)5(22-28)9(24)19-6-10(25)23-7(12(26)27)3(1-29-11(6)23)30-14-17-2-18-21-14/h2,6,11,28H,1H2,(H2,16,20)(H,19,24)(H,26,27)(H,17,18,21)/t6-,11?/m1/s1. The van der Waals surface area contributed by atoms with Gasteiger partial charge < -0.3 is 26.3 Å². The number of oxime groups is 1. The molecule has 1 unspecified atom stereocenters. The first-order valence-electron chi connectivity index (χ1n) is 8.22. The van der Waals surface area contributed by atoms with E-state index < -0.39 is 34.9 Å². The van der Waals surface area contributed by atoms with Crippen LogP contribution in [0.4, 0.5) is 5.13 Å². The zero-order valence-corrected chi connectivity index (χ0v) is 18.2. The summed E-state index contributed by atoms with van der Waals surface area (Å²) >= 11 is 9.16. The van der Waals surface area contributed by atoms with Crippen molar-refractivity contribution >= 4 is 75.1 Å². The quantitative estimate of drug-likeness (QED) is 0.156. The number of thiazole rings is 1. The number of nitrogen functional groups attached to an aromatic ring is 1. The maximum atomic E-state index is 12.7. The minimum absolute atomic E-state index is 0.0410. The van der Waals surface area contributed by atoms with E-state index in [9.17, 15) is 24.7 Å². The number of thioether (sulfide) groups is 2. The van der Waals surface area contributed by atoms with Gasteiger partial charge in [0.25, 0.3) is 11.8 Å². The number of nitrogens with one attached hydrogen (secondary N) is 2. The molecule has 4 rings (SSSR count). The Morgan fingerprint density at radius 1 is 1.48 bits per heavy atom. The molecule has 2 aromatic rings. The minimum atomic E-state index is -1.28. The molecule has 2 aromatic heterocycles. The van der Waals surface area contributed by atoms with E-state index in [1.165, 1.54) is 18.1 Å². The summed E-state index contributed by atoms with van der Waals surface area (Å²) in [5, 5.41) is 31.5. The Bertz CT molecular complexity index is 1130. The second-order valence-electron chi connectivity index (χ2n) is 5.96. The number of β-lactam (4-membered cyclic amide) rings is 1. The molecule has 2 atom stereocenters. The number of hydrogen-bond donors (Lipinski definition) is 5. The summed E-state index contributed by atoms with van der Waals surface area (Å²) in [6, 6.07) is -1.03. The molecule has 2 amide bonds. The number of halogens is 1. The molecule has 4 heterocycles. The fourth-order valence-corrected chi connectivity index (χ4v) is 6.18. The lowest BCUT2D eigenvalue weighted by molar-refractivity contribution is -0.150. The van der Waals surface area contributed by atoms with Gasteiger partial charge in [-0.15, -0.1) is 22.0 Å². The maximum absolute atomic E-state index is 12.7. The van der Waals surface area contributed by atoms with Gasteiger partial charge in [0.15, 0.2) is 16.0 Å². The smallest absolute Gasteiger partial charge is 0.353 e. The van der Waals surface area contributed by atoms with Gasteiger partial charge in [-0.25, -0.2) is 9.78 Å². The van der Waals surface area contributed by atoms with E-state index in [4.69, 9.17) is 17.3 Å². The van der Waals surface area contributed by atoms with E-state index in [0.29, 0.717) is 10.1 Å². The Labute approximate surface area is 190 Å². The van der Waals surface area contributed by atoms with Crippen LogP contribution in [0.2, 0.25) is 4.34 Å². The number of nitrogens with zero attached hydrogens (tertiary/aromatic N) is 5. The monoisotopic (exact) mass is 502 g/mol. The van der Waals surface area contributed by atoms with Crippen molar-refractivity contribution < 1.29 is 24.7 Å². The van der Waals surface area contributed by atoms with Gasteiger partial charge >= 0.3 is 5.97 Å². The second kappa shape index (κ2) is 8.37. The molecule has 0 saturated carbocycles. The number of carboxylic acids is 1. The van der Waals surface area contributed by atoms with Crippen LogP contribution in [-0.4, -0.2) is 76.0 Å². The number of carbonyl (C=O) groups is 3. The molecule has 162 valence electrons. The first-order valence-corrected chi connectivity index (χ1v) is 11.3. The lowest BCUT2D eigenvalue weighted by Crippen LogP contribution is -2.71. The molecule has 0 radical (unpaired) electrons. The Balaban J connectivity index is 1.53. The van der Waals surface area contributed by atoms with Gasteiger partial charge in [-0.3, -0.25) is 14.5 Å². The number of nitrogens with two attached hydrogens (primary N) is 1. The molecule has 2 aliphatic heterocycles. The predicted molar refractivity (Wildman–Crippen MR) is 112 cm³/mol. The molecule has 6 N–H and O–H groups in total. The number of amides is 2. The Morgan fingerprint density at radius 2 is 2.26 bits per heavy atom. The number of H-pyrrole nitrogens is 1. The van der Waals surface area contributed by atoms with Crippen molar-refractivity contribution in [3.63, 3.8) is 0 Å². The molecular formula is C14H11ClN8O5S3. The molecule has 0 aliphatic carbocycles. The van der Waals surface area contributed by atoms with E-state index in [1.807, 2.05) is 0 Å². The molecule has 0 spiro atoms. The molecular weight excluding hydrogens is 492 g/mol. The van der Waals surface area contributed by atoms with Crippen molar-refractivity contribution in [1.82, 2.24) is 30.4 Å². The minimum Gasteiger partial charge on any atom is -0.477 e. The number of carbonyl (C=O) groups excluding carboxylic acids is 2. The fraction of sp³-hybridized carbons (Fsp3) is 0.214. The van der Waals surface area contributed by atoms with Gasteiger partial charge in [0.2, 0.25) is 0 Å². The molecule has 13 nitrogen and oxygen atoms in total. The summed E-state index contributed by atoms with van der Waals surface area (Å²) in [5.74, 6) is -2.55. The lowest BCUT2D eigenvalue weighted by atomic mass is 10.0. The Morgan fingerprint density at radius 3 is 2.84 bits per heavy atom. The van der Waals surface area contributed by atoms with Crippen LogP contribution in [0.3, 0.4) is 0 Å². The molecule has 17 heteroatoms. The largest absolute Gasteiger partial charge is 0.477 e. The average molecular weight is 503 g/mol. The van der Waals surface area contributed by atoms with Gasteiger partial charge in [-0.2, -0.15) is 0 Å². The van der Waals surface area contributed by atoms with Crippen molar-refractivity contribution in [2.24, 2.45) is 5.16 Å². The Hall–Kier alpha value is -2.82. The van der Waals surface area contributed by atoms with Crippen LogP contribution in [0.1, 0.15) is 5.69 Å². The van der Waals surface area contributed by atoms with E-state index in [1.54, 1.807) is 0 Å². The topological polar surface area (TPSA) is 200 Å². The lowest BCUT2D eigenvalue weighted by Gasteiger charge is -2.49. The van der Waals surface area contributed by atoms with E-state index in [-0.39, 0.29) is 26.6 Å². The number of aliphatic carboxylic acids is 1. The number of rotatable bonds is 6.